The van der Waals surface area contributed by atoms with E-state index in [1.165, 1.54) is 12.3 Å². The van der Waals surface area contributed by atoms with Crippen LogP contribution in [0.2, 0.25) is 0 Å². The molecule has 1 fully saturated rings. The third-order valence-electron chi connectivity index (χ3n) is 6.15. The van der Waals surface area contributed by atoms with E-state index in [0.29, 0.717) is 50.0 Å². The van der Waals surface area contributed by atoms with E-state index in [-0.39, 0.29) is 11.1 Å². The van der Waals surface area contributed by atoms with Crippen LogP contribution in [0.25, 0.3) is 11.3 Å². The molecular formula is C23H27NO7. The average molecular weight is 429 g/mol. The molecule has 166 valence electrons. The molecule has 0 aliphatic carbocycles. The van der Waals surface area contributed by atoms with E-state index in [4.69, 9.17) is 18.9 Å². The molecule has 31 heavy (non-hydrogen) atoms. The molecule has 8 heteroatoms. The van der Waals surface area contributed by atoms with E-state index in [2.05, 4.69) is 0 Å². The number of methoxy groups -OCH3 is 2. The van der Waals surface area contributed by atoms with E-state index in [1.54, 1.807) is 14.2 Å². The molecule has 1 aromatic carbocycles. The molecule has 1 N–H and O–H groups in total. The van der Waals surface area contributed by atoms with Gasteiger partial charge in [-0.25, -0.2) is 4.79 Å². The molecule has 0 saturated carbocycles. The maximum atomic E-state index is 12.6. The van der Waals surface area contributed by atoms with E-state index in [1.807, 2.05) is 16.7 Å². The molecule has 0 bridgehead atoms. The number of carboxylic acids is 1. The minimum Gasteiger partial charge on any atom is -0.493 e. The van der Waals surface area contributed by atoms with Crippen molar-refractivity contribution in [3.8, 4) is 22.8 Å². The summed E-state index contributed by atoms with van der Waals surface area (Å²) in [5.74, 6) is 0.00335. The van der Waals surface area contributed by atoms with E-state index in [0.717, 1.165) is 30.4 Å². The van der Waals surface area contributed by atoms with Crippen molar-refractivity contribution in [2.24, 2.45) is 0 Å². The minimum absolute atomic E-state index is 0.219. The van der Waals surface area contributed by atoms with Crippen LogP contribution in [0.5, 0.6) is 11.5 Å². The van der Waals surface area contributed by atoms with Crippen LogP contribution in [0.4, 0.5) is 0 Å². The molecular weight excluding hydrogens is 402 g/mol. The number of benzene rings is 1. The van der Waals surface area contributed by atoms with Crippen LogP contribution in [0.3, 0.4) is 0 Å². The Bertz CT molecular complexity index is 1040. The van der Waals surface area contributed by atoms with Gasteiger partial charge in [0.15, 0.2) is 16.9 Å². The highest BCUT2D eigenvalue weighted by atomic mass is 16.5. The Labute approximate surface area is 180 Å². The third kappa shape index (κ3) is 3.93. The number of fused-ring (bicyclic) bond motifs is 4. The highest BCUT2D eigenvalue weighted by Crippen LogP contribution is 2.46. The van der Waals surface area contributed by atoms with Gasteiger partial charge in [-0.3, -0.25) is 4.79 Å². The number of ether oxygens (including phenoxy) is 4. The Morgan fingerprint density at radius 2 is 1.94 bits per heavy atom. The van der Waals surface area contributed by atoms with Crippen molar-refractivity contribution in [3.63, 3.8) is 0 Å². The maximum Gasteiger partial charge on any atom is 0.341 e. The second kappa shape index (κ2) is 8.72. The molecule has 2 aliphatic rings. The molecule has 1 spiro atoms. The van der Waals surface area contributed by atoms with Crippen LogP contribution < -0.4 is 14.9 Å². The first-order valence-electron chi connectivity index (χ1n) is 10.4. The van der Waals surface area contributed by atoms with E-state index >= 15 is 0 Å². The number of carboxylic acid groups (broad SMARTS) is 1. The van der Waals surface area contributed by atoms with Crippen molar-refractivity contribution >= 4 is 5.97 Å². The summed E-state index contributed by atoms with van der Waals surface area (Å²) < 4.78 is 24.2. The molecule has 4 rings (SSSR count). The quantitative estimate of drug-likeness (QED) is 0.676. The number of rotatable bonds is 7. The van der Waals surface area contributed by atoms with Crippen molar-refractivity contribution < 1.29 is 28.8 Å². The number of nitrogens with zero attached hydrogens (tertiary/aromatic N) is 1. The smallest absolute Gasteiger partial charge is 0.341 e. The summed E-state index contributed by atoms with van der Waals surface area (Å²) in [6, 6.07) is 5.29. The standard InChI is InChI=1S/C23H27NO7/c1-28-6-3-7-31-21-10-15-13-23(4-8-30-9-5-23)24-14-17(22(26)27)19(25)12-18(24)16(15)11-20(21)29-2/h10-12,14H,3-9,13H2,1-2H3,(H,26,27). The normalized spacial score (nSPS) is 16.5. The minimum atomic E-state index is -1.22. The van der Waals surface area contributed by atoms with Gasteiger partial charge in [-0.15, -0.1) is 0 Å². The predicted molar refractivity (Wildman–Crippen MR) is 113 cm³/mol. The largest absolute Gasteiger partial charge is 0.493 e. The molecule has 0 atom stereocenters. The summed E-state index contributed by atoms with van der Waals surface area (Å²) in [6.07, 6.45) is 4.41. The van der Waals surface area contributed by atoms with Crippen LogP contribution in [-0.2, 0) is 21.4 Å². The van der Waals surface area contributed by atoms with Gasteiger partial charge in [0, 0.05) is 51.2 Å². The van der Waals surface area contributed by atoms with Gasteiger partial charge in [-0.05, 0) is 37.0 Å². The first kappa shape index (κ1) is 21.4. The number of carbonyl (C=O) groups is 1. The lowest BCUT2D eigenvalue weighted by atomic mass is 9.77. The molecule has 2 aliphatic heterocycles. The highest BCUT2D eigenvalue weighted by molar-refractivity contribution is 5.88. The number of hydrogen-bond acceptors (Lipinski definition) is 6. The van der Waals surface area contributed by atoms with Gasteiger partial charge >= 0.3 is 5.97 Å². The summed E-state index contributed by atoms with van der Waals surface area (Å²) in [7, 11) is 3.23. The number of aromatic carboxylic acids is 1. The molecule has 1 saturated heterocycles. The van der Waals surface area contributed by atoms with Crippen molar-refractivity contribution in [1.29, 1.82) is 0 Å². The second-order valence-electron chi connectivity index (χ2n) is 7.98. The zero-order valence-electron chi connectivity index (χ0n) is 17.8. The van der Waals surface area contributed by atoms with Crippen molar-refractivity contribution in [2.45, 2.75) is 31.2 Å². The van der Waals surface area contributed by atoms with Crippen LogP contribution in [0.1, 0.15) is 35.2 Å². The van der Waals surface area contributed by atoms with Gasteiger partial charge in [0.1, 0.15) is 5.56 Å². The van der Waals surface area contributed by atoms with Crippen LogP contribution in [0, 0.1) is 0 Å². The monoisotopic (exact) mass is 429 g/mol. The molecule has 0 radical (unpaired) electrons. The van der Waals surface area contributed by atoms with Gasteiger partial charge in [0.2, 0.25) is 0 Å². The zero-order chi connectivity index (χ0) is 22.0. The van der Waals surface area contributed by atoms with Crippen LogP contribution in [0.15, 0.2) is 29.2 Å². The maximum absolute atomic E-state index is 12.6. The van der Waals surface area contributed by atoms with Gasteiger partial charge in [-0.2, -0.15) is 0 Å². The second-order valence-corrected chi connectivity index (χ2v) is 7.98. The van der Waals surface area contributed by atoms with Gasteiger partial charge in [-0.1, -0.05) is 0 Å². The Hall–Kier alpha value is -2.84. The van der Waals surface area contributed by atoms with Crippen LogP contribution >= 0.6 is 0 Å². The Balaban J connectivity index is 1.84. The molecule has 0 amide bonds. The number of hydrogen-bond donors (Lipinski definition) is 1. The summed E-state index contributed by atoms with van der Waals surface area (Å²) in [6.45, 7) is 2.28. The Morgan fingerprint density at radius 3 is 2.61 bits per heavy atom. The summed E-state index contributed by atoms with van der Waals surface area (Å²) in [5, 5.41) is 9.51. The molecule has 2 aromatic rings. The fourth-order valence-electron chi connectivity index (χ4n) is 4.55. The van der Waals surface area contributed by atoms with E-state index < -0.39 is 11.4 Å². The lowest BCUT2D eigenvalue weighted by Crippen LogP contribution is -2.45. The lowest BCUT2D eigenvalue weighted by molar-refractivity contribution is 0.0199. The Morgan fingerprint density at radius 1 is 1.16 bits per heavy atom. The highest BCUT2D eigenvalue weighted by Gasteiger charge is 2.40. The van der Waals surface area contributed by atoms with Crippen molar-refractivity contribution in [2.75, 3.05) is 40.6 Å². The van der Waals surface area contributed by atoms with Crippen molar-refractivity contribution in [1.82, 2.24) is 4.57 Å². The lowest BCUT2D eigenvalue weighted by Gasteiger charge is -2.45. The van der Waals surface area contributed by atoms with E-state index in [9.17, 15) is 14.7 Å². The SMILES string of the molecule is COCCCOc1cc2c(cc1OC)-c1cc(=O)c(C(=O)O)cn1C1(CCOCC1)C2. The predicted octanol–water partition coefficient (Wildman–Crippen LogP) is 2.70. The fraction of sp³-hybridized carbons (Fsp3) is 0.478. The Kier molecular flexibility index (Phi) is 6.02. The summed E-state index contributed by atoms with van der Waals surface area (Å²) >= 11 is 0. The topological polar surface area (TPSA) is 96.2 Å². The number of pyridine rings is 1. The summed E-state index contributed by atoms with van der Waals surface area (Å²) in [4.78, 5) is 24.2. The first-order valence-corrected chi connectivity index (χ1v) is 10.4. The molecule has 0 unspecified atom stereocenters. The number of aromatic nitrogens is 1. The summed E-state index contributed by atoms with van der Waals surface area (Å²) in [5.41, 5.74) is 1.53. The average Bonchev–Trinajstić information content (AvgIpc) is 2.76. The van der Waals surface area contributed by atoms with Gasteiger partial charge < -0.3 is 28.6 Å². The van der Waals surface area contributed by atoms with Crippen molar-refractivity contribution in [3.05, 3.63) is 45.7 Å². The first-order chi connectivity index (χ1) is 15.0. The zero-order valence-corrected chi connectivity index (χ0v) is 17.8. The van der Waals surface area contributed by atoms with Gasteiger partial charge in [0.25, 0.3) is 0 Å². The third-order valence-corrected chi connectivity index (χ3v) is 6.15. The van der Waals surface area contributed by atoms with Gasteiger partial charge in [0.05, 0.1) is 24.9 Å². The fourth-order valence-corrected chi connectivity index (χ4v) is 4.55. The van der Waals surface area contributed by atoms with Crippen LogP contribution in [-0.4, -0.2) is 56.3 Å². The molecule has 3 heterocycles. The molecule has 8 nitrogen and oxygen atoms in total. The molecule has 1 aromatic heterocycles.